The molecular formula is C12H12BrF3N2O3. The lowest BCUT2D eigenvalue weighted by Crippen LogP contribution is -2.42. The molecule has 9 heteroatoms. The summed E-state index contributed by atoms with van der Waals surface area (Å²) < 4.78 is 38.1. The van der Waals surface area contributed by atoms with Gasteiger partial charge >= 0.3 is 18.1 Å². The summed E-state index contributed by atoms with van der Waals surface area (Å²) in [4.78, 5) is 26.2. The largest absolute Gasteiger partial charge is 0.481 e. The van der Waals surface area contributed by atoms with Gasteiger partial charge in [-0.25, -0.2) is 4.98 Å². The van der Waals surface area contributed by atoms with Crippen molar-refractivity contribution < 1.29 is 27.9 Å². The van der Waals surface area contributed by atoms with Crippen LogP contribution in [0.1, 0.15) is 18.4 Å². The first-order valence-corrected chi connectivity index (χ1v) is 6.65. The number of hydrogen-bond acceptors (Lipinski definition) is 3. The molecule has 1 N–H and O–H groups in total. The highest BCUT2D eigenvalue weighted by atomic mass is 79.9. The number of aromatic nitrogens is 1. The number of hydrogen-bond donors (Lipinski definition) is 1. The van der Waals surface area contributed by atoms with Gasteiger partial charge in [0.25, 0.3) is 0 Å². The lowest BCUT2D eigenvalue weighted by Gasteiger charge is -2.23. The van der Waals surface area contributed by atoms with Gasteiger partial charge in [0.05, 0.1) is 4.47 Å². The SMILES string of the molecule is Cc1cnc(N(CCCC(=O)O)C(=O)C(F)(F)F)c(Br)c1. The Hall–Kier alpha value is -1.64. The van der Waals surface area contributed by atoms with Crippen LogP contribution >= 0.6 is 15.9 Å². The van der Waals surface area contributed by atoms with E-state index in [-0.39, 0.29) is 29.7 Å². The minimum absolute atomic E-state index is 0.112. The molecule has 0 radical (unpaired) electrons. The molecule has 1 aromatic rings. The Morgan fingerprint density at radius 1 is 1.43 bits per heavy atom. The molecule has 0 unspecified atom stereocenters. The zero-order chi connectivity index (χ0) is 16.2. The van der Waals surface area contributed by atoms with Crippen LogP contribution < -0.4 is 4.90 Å². The predicted octanol–water partition coefficient (Wildman–Crippen LogP) is 2.91. The highest BCUT2D eigenvalue weighted by Gasteiger charge is 2.43. The van der Waals surface area contributed by atoms with Crippen molar-refractivity contribution in [1.82, 2.24) is 4.98 Å². The van der Waals surface area contributed by atoms with Crippen molar-refractivity contribution >= 4 is 33.6 Å². The minimum atomic E-state index is -5.06. The quantitative estimate of drug-likeness (QED) is 0.867. The van der Waals surface area contributed by atoms with E-state index in [0.29, 0.717) is 10.5 Å². The molecule has 0 saturated carbocycles. The van der Waals surface area contributed by atoms with E-state index in [1.165, 1.54) is 12.3 Å². The molecule has 1 aromatic heterocycles. The first-order valence-electron chi connectivity index (χ1n) is 5.85. The number of amides is 1. The van der Waals surface area contributed by atoms with E-state index >= 15 is 0 Å². The van der Waals surface area contributed by atoms with E-state index in [2.05, 4.69) is 20.9 Å². The van der Waals surface area contributed by atoms with Crippen molar-refractivity contribution in [3.63, 3.8) is 0 Å². The molecule has 1 heterocycles. The molecule has 0 atom stereocenters. The van der Waals surface area contributed by atoms with Crippen LogP contribution in [0.25, 0.3) is 0 Å². The van der Waals surface area contributed by atoms with Gasteiger partial charge in [0.15, 0.2) is 0 Å². The number of aryl methyl sites for hydroxylation is 1. The summed E-state index contributed by atoms with van der Waals surface area (Å²) in [5.41, 5.74) is 0.704. The Kier molecular flexibility index (Phi) is 5.70. The molecular weight excluding hydrogens is 357 g/mol. The van der Waals surface area contributed by atoms with E-state index in [0.717, 1.165) is 0 Å². The van der Waals surface area contributed by atoms with E-state index < -0.39 is 18.1 Å². The standard InChI is InChI=1S/C12H12BrF3N2O3/c1-7-5-8(13)10(17-6-7)18(4-2-3-9(19)20)11(21)12(14,15)16/h5-6H,2-4H2,1H3,(H,19,20). The van der Waals surface area contributed by atoms with Crippen molar-refractivity contribution in [2.75, 3.05) is 11.4 Å². The summed E-state index contributed by atoms with van der Waals surface area (Å²) in [6, 6.07) is 1.52. The van der Waals surface area contributed by atoms with Gasteiger partial charge in [0.2, 0.25) is 0 Å². The van der Waals surface area contributed by atoms with Crippen LogP contribution in [0.2, 0.25) is 0 Å². The number of carboxylic acids is 1. The zero-order valence-corrected chi connectivity index (χ0v) is 12.5. The monoisotopic (exact) mass is 368 g/mol. The summed E-state index contributed by atoms with van der Waals surface area (Å²) >= 11 is 3.06. The number of alkyl halides is 3. The first-order chi connectivity index (χ1) is 9.62. The van der Waals surface area contributed by atoms with E-state index in [1.54, 1.807) is 6.92 Å². The van der Waals surface area contributed by atoms with Crippen LogP contribution in [-0.4, -0.2) is 34.7 Å². The third-order valence-corrected chi connectivity index (χ3v) is 3.06. The fourth-order valence-corrected chi connectivity index (χ4v) is 2.25. The number of aliphatic carboxylic acids is 1. The van der Waals surface area contributed by atoms with E-state index in [4.69, 9.17) is 5.11 Å². The third-order valence-electron chi connectivity index (χ3n) is 2.47. The number of anilines is 1. The summed E-state index contributed by atoms with van der Waals surface area (Å²) in [5, 5.41) is 8.54. The molecule has 0 aliphatic carbocycles. The Morgan fingerprint density at radius 3 is 2.52 bits per heavy atom. The Balaban J connectivity index is 3.06. The minimum Gasteiger partial charge on any atom is -0.481 e. The van der Waals surface area contributed by atoms with Gasteiger partial charge in [-0.2, -0.15) is 13.2 Å². The third kappa shape index (κ3) is 5.00. The van der Waals surface area contributed by atoms with Crippen molar-refractivity contribution in [3.8, 4) is 0 Å². The van der Waals surface area contributed by atoms with Gasteiger partial charge in [-0.1, -0.05) is 0 Å². The maximum absolute atomic E-state index is 12.6. The predicted molar refractivity (Wildman–Crippen MR) is 72.0 cm³/mol. The van der Waals surface area contributed by atoms with Crippen LogP contribution in [0.15, 0.2) is 16.7 Å². The van der Waals surface area contributed by atoms with E-state index in [9.17, 15) is 22.8 Å². The molecule has 1 rings (SSSR count). The van der Waals surface area contributed by atoms with E-state index in [1.807, 2.05) is 0 Å². The smallest absolute Gasteiger partial charge is 0.471 e. The van der Waals surface area contributed by atoms with Gasteiger partial charge in [-0.3, -0.25) is 14.5 Å². The molecule has 0 fully saturated rings. The number of halogens is 4. The Labute approximate surface area is 126 Å². The number of nitrogens with zero attached hydrogens (tertiary/aromatic N) is 2. The molecule has 0 aromatic carbocycles. The lowest BCUT2D eigenvalue weighted by molar-refractivity contribution is -0.170. The van der Waals surface area contributed by atoms with Crippen LogP contribution in [0.4, 0.5) is 19.0 Å². The molecule has 0 spiro atoms. The second-order valence-corrected chi connectivity index (χ2v) is 5.12. The molecule has 0 aliphatic heterocycles. The number of carbonyl (C=O) groups is 2. The molecule has 1 amide bonds. The van der Waals surface area contributed by atoms with Crippen LogP contribution in [0, 0.1) is 6.92 Å². The molecule has 0 saturated heterocycles. The average Bonchev–Trinajstić information content (AvgIpc) is 2.33. The van der Waals surface area contributed by atoms with Crippen LogP contribution in [0.3, 0.4) is 0 Å². The second kappa shape index (κ2) is 6.88. The van der Waals surface area contributed by atoms with Gasteiger partial charge in [0, 0.05) is 19.2 Å². The van der Waals surface area contributed by atoms with Gasteiger partial charge in [-0.05, 0) is 40.9 Å². The first kappa shape index (κ1) is 17.4. The van der Waals surface area contributed by atoms with Gasteiger partial charge in [-0.15, -0.1) is 0 Å². The molecule has 21 heavy (non-hydrogen) atoms. The lowest BCUT2D eigenvalue weighted by atomic mass is 10.2. The van der Waals surface area contributed by atoms with Crippen molar-refractivity contribution in [2.45, 2.75) is 25.9 Å². The number of carbonyl (C=O) groups excluding carboxylic acids is 1. The maximum Gasteiger partial charge on any atom is 0.471 e. The number of carboxylic acid groups (broad SMARTS) is 1. The molecule has 0 bridgehead atoms. The number of rotatable bonds is 5. The molecule has 0 aliphatic rings. The summed E-state index contributed by atoms with van der Waals surface area (Å²) in [7, 11) is 0. The molecule has 116 valence electrons. The summed E-state index contributed by atoms with van der Waals surface area (Å²) in [6.45, 7) is 1.31. The Morgan fingerprint density at radius 2 is 2.05 bits per heavy atom. The molecule has 5 nitrogen and oxygen atoms in total. The zero-order valence-electron chi connectivity index (χ0n) is 10.9. The highest BCUT2D eigenvalue weighted by molar-refractivity contribution is 9.10. The van der Waals surface area contributed by atoms with Crippen molar-refractivity contribution in [2.24, 2.45) is 0 Å². The van der Waals surface area contributed by atoms with Gasteiger partial charge in [0.1, 0.15) is 5.82 Å². The Bertz CT molecular complexity index is 549. The maximum atomic E-state index is 12.6. The fraction of sp³-hybridized carbons (Fsp3) is 0.417. The highest BCUT2D eigenvalue weighted by Crippen LogP contribution is 2.29. The van der Waals surface area contributed by atoms with Crippen molar-refractivity contribution in [1.29, 1.82) is 0 Å². The summed E-state index contributed by atoms with van der Waals surface area (Å²) in [5.74, 6) is -3.41. The number of pyridine rings is 1. The van der Waals surface area contributed by atoms with Crippen molar-refractivity contribution in [3.05, 3.63) is 22.3 Å². The van der Waals surface area contributed by atoms with Crippen LogP contribution in [-0.2, 0) is 9.59 Å². The van der Waals surface area contributed by atoms with Gasteiger partial charge < -0.3 is 5.11 Å². The second-order valence-electron chi connectivity index (χ2n) is 4.27. The topological polar surface area (TPSA) is 70.5 Å². The fourth-order valence-electron chi connectivity index (χ4n) is 1.57. The normalized spacial score (nSPS) is 11.3. The van der Waals surface area contributed by atoms with Crippen LogP contribution in [0.5, 0.6) is 0 Å². The summed E-state index contributed by atoms with van der Waals surface area (Å²) in [6.07, 6.45) is -4.19. The average molecular weight is 369 g/mol.